The fraction of sp³-hybridized carbons (Fsp3) is 0.667. The van der Waals surface area contributed by atoms with Gasteiger partial charge in [0, 0.05) is 6.54 Å². The van der Waals surface area contributed by atoms with Gasteiger partial charge in [0.2, 0.25) is 0 Å². The predicted molar refractivity (Wildman–Crippen MR) is 38.3 cm³/mol. The van der Waals surface area contributed by atoms with Gasteiger partial charge in [-0.05, 0) is 6.54 Å². The molecule has 1 atom stereocenters. The molecule has 4 N–H and O–H groups in total. The van der Waals surface area contributed by atoms with E-state index in [-0.39, 0.29) is 64.2 Å². The molecular formula is C6H12N3ORb. The molecule has 1 heterocycles. The molecule has 0 spiro atoms. The number of rotatable bonds is 2. The topological polar surface area (TPSA) is 67.2 Å². The summed E-state index contributed by atoms with van der Waals surface area (Å²) in [5.74, 6) is 0. The molecule has 1 rings (SSSR count). The van der Waals surface area contributed by atoms with Crippen molar-refractivity contribution in [3.8, 4) is 0 Å². The zero-order chi connectivity index (χ0) is 8.10. The summed E-state index contributed by atoms with van der Waals surface area (Å²) in [6.07, 6.45) is 3.17. The van der Waals surface area contributed by atoms with E-state index >= 15 is 0 Å². The first kappa shape index (κ1) is 10.1. The molecule has 0 bridgehead atoms. The smallest absolute Gasteiger partial charge is 0.352 e. The maximum atomic E-state index is 10.5. The second kappa shape index (κ2) is 6.54. The third-order valence-corrected chi connectivity index (χ3v) is 1.48. The first-order chi connectivity index (χ1) is 5.33. The molecule has 0 aromatic carbocycles. The minimum atomic E-state index is -0.452. The molecule has 0 saturated carbocycles. The van der Waals surface area contributed by atoms with E-state index < -0.39 is 6.03 Å². The number of nitrogens with one attached hydrogen (secondary N) is 2. The number of primary amides is 1. The Morgan fingerprint density at radius 3 is 3.36 bits per heavy atom. The fourth-order valence-electron chi connectivity index (χ4n) is 0.995. The van der Waals surface area contributed by atoms with Crippen LogP contribution in [-0.4, -0.2) is 25.2 Å². The van der Waals surface area contributed by atoms with Crippen molar-refractivity contribution in [1.82, 2.24) is 10.6 Å². The second-order valence-electron chi connectivity index (χ2n) is 2.30. The third kappa shape index (κ3) is 5.30. The van der Waals surface area contributed by atoms with Gasteiger partial charge in [0.05, 0.1) is 0 Å². The molecule has 1 fully saturated rings. The van der Waals surface area contributed by atoms with Gasteiger partial charge in [-0.15, -0.1) is 0 Å². The number of hydrogen-bond donors (Lipinski definition) is 3. The number of amides is 2. The van der Waals surface area contributed by atoms with Crippen LogP contribution in [0.3, 0.4) is 0 Å². The molecule has 4 nitrogen and oxygen atoms in total. The maximum absolute atomic E-state index is 10.5. The van der Waals surface area contributed by atoms with Gasteiger partial charge in [-0.1, -0.05) is 6.04 Å². The van der Waals surface area contributed by atoms with Crippen molar-refractivity contribution in [2.75, 3.05) is 13.1 Å². The molecule has 5 heteroatoms. The van der Waals surface area contributed by atoms with Crippen molar-refractivity contribution in [3.05, 3.63) is 6.42 Å². The molecule has 2 amide bonds. The minimum absolute atomic E-state index is 0. The number of nitrogens with two attached hydrogens (primary N) is 1. The Bertz CT molecular complexity index is 141. The van der Waals surface area contributed by atoms with Gasteiger partial charge in [0.15, 0.2) is 1.41 Å². The largest absolute Gasteiger partial charge is 1.00 e. The van der Waals surface area contributed by atoms with Crippen LogP contribution >= 0.6 is 0 Å². The Morgan fingerprint density at radius 2 is 2.82 bits per heavy atom. The van der Waals surface area contributed by atoms with Crippen LogP contribution in [0.15, 0.2) is 0 Å². The van der Waals surface area contributed by atoms with E-state index in [1.165, 1.54) is 0 Å². The molecule has 11 heavy (non-hydrogen) atoms. The van der Waals surface area contributed by atoms with Gasteiger partial charge in [0.25, 0.3) is 0 Å². The van der Waals surface area contributed by atoms with E-state index in [9.17, 15) is 4.79 Å². The van der Waals surface area contributed by atoms with Crippen molar-refractivity contribution in [2.45, 2.75) is 12.5 Å². The molecule has 1 unspecified atom stereocenters. The van der Waals surface area contributed by atoms with Crippen molar-refractivity contribution < 1.29 is 64.4 Å². The average molecular weight is 230 g/mol. The van der Waals surface area contributed by atoms with Crippen LogP contribution in [0.1, 0.15) is 6.42 Å². The minimum Gasteiger partial charge on any atom is -0.352 e. The van der Waals surface area contributed by atoms with E-state index in [2.05, 4.69) is 17.1 Å². The van der Waals surface area contributed by atoms with E-state index in [0.29, 0.717) is 6.54 Å². The second-order valence-corrected chi connectivity index (χ2v) is 2.30. The number of hydrogen-bond acceptors (Lipinski definition) is 2. The molecule has 58 valence electrons. The van der Waals surface area contributed by atoms with E-state index in [4.69, 9.17) is 1.41 Å². The fourth-order valence-corrected chi connectivity index (χ4v) is 0.995. The molecule has 0 aliphatic carbocycles. The van der Waals surface area contributed by atoms with Crippen molar-refractivity contribution >= 4 is 6.03 Å². The third-order valence-electron chi connectivity index (χ3n) is 1.48. The molecule has 1 saturated heterocycles. The average Bonchev–Trinajstić information content (AvgIpc) is 2.52. The molecule has 1 aliphatic heterocycles. The van der Waals surface area contributed by atoms with E-state index in [1.807, 2.05) is 0 Å². The summed E-state index contributed by atoms with van der Waals surface area (Å²) >= 11 is 0. The standard InChI is InChI=1S/C6H12N3O.Rb/c7-6(10)9-4-5-2-1-3-8-5;/h2,5,8H,1,3-4H2,(H3,7,9,10);/q-1;+1/i/hT. The van der Waals surface area contributed by atoms with Gasteiger partial charge < -0.3 is 22.8 Å². The summed E-state index contributed by atoms with van der Waals surface area (Å²) in [5, 5.41) is 5.72. The van der Waals surface area contributed by atoms with Crippen molar-refractivity contribution in [3.63, 3.8) is 0 Å². The quantitative estimate of drug-likeness (QED) is 0.426. The Morgan fingerprint density at radius 1 is 2.00 bits per heavy atom. The van der Waals surface area contributed by atoms with Gasteiger partial charge in [-0.25, -0.2) is 4.79 Å². The summed E-state index contributed by atoms with van der Waals surface area (Å²) in [5.41, 5.74) is 1.75. The van der Waals surface area contributed by atoms with Crippen molar-refractivity contribution in [2.24, 2.45) is 5.73 Å². The van der Waals surface area contributed by atoms with E-state index in [1.54, 1.807) is 5.73 Å². The van der Waals surface area contributed by atoms with Crippen LogP contribution in [0.4, 0.5) is 4.79 Å². The normalized spacial score (nSPS) is 23.3. The van der Waals surface area contributed by atoms with Crippen molar-refractivity contribution in [1.29, 1.82) is 0 Å². The number of urea groups is 1. The maximum Gasteiger partial charge on any atom is 1.00 e. The van der Waals surface area contributed by atoms with Gasteiger partial charge in [0.1, 0.15) is 0 Å². The first-order valence-electron chi connectivity index (χ1n) is 3.85. The van der Waals surface area contributed by atoms with E-state index in [0.717, 1.165) is 13.0 Å². The Hall–Kier alpha value is 1.04. The van der Waals surface area contributed by atoms with Crippen LogP contribution in [0.5, 0.6) is 0 Å². The number of carbonyl (C=O) groups excluding carboxylic acids is 1. The molecule has 1 aliphatic rings. The van der Waals surface area contributed by atoms with Crippen LogP contribution in [0.2, 0.25) is 1.41 Å². The van der Waals surface area contributed by atoms with Gasteiger partial charge in [-0.2, -0.15) is 6.42 Å². The van der Waals surface area contributed by atoms with Crippen LogP contribution in [0, 0.1) is 6.42 Å². The molecule has 0 aromatic rings. The zero-order valence-corrected chi connectivity index (χ0v) is 11.6. The summed E-state index contributed by atoms with van der Waals surface area (Å²) in [4.78, 5) is 10.5. The Labute approximate surface area is 117 Å². The van der Waals surface area contributed by atoms with Crippen LogP contribution in [0.25, 0.3) is 0 Å². The predicted octanol–water partition coefficient (Wildman–Crippen LogP) is -3.78. The summed E-state index contributed by atoms with van der Waals surface area (Å²) in [6.45, 7) is 1.54. The van der Waals surface area contributed by atoms with Crippen LogP contribution < -0.4 is 74.5 Å². The zero-order valence-electron chi connectivity index (χ0n) is 7.68. The summed E-state index contributed by atoms with van der Waals surface area (Å²) in [6, 6.07) is -0.181. The Kier molecular flexibility index (Phi) is 6.02. The molecule has 0 aromatic heterocycles. The molecule has 0 radical (unpaired) electrons. The SMILES string of the molecule is [3H]NC(=O)NCC1[CH-]CCN1.[Rb+]. The number of carbonyl (C=O) groups is 1. The first-order valence-corrected chi connectivity index (χ1v) is 3.35. The summed E-state index contributed by atoms with van der Waals surface area (Å²) in [7, 11) is 0. The van der Waals surface area contributed by atoms with Gasteiger partial charge in [-0.3, -0.25) is 0 Å². The monoisotopic (exact) mass is 229 g/mol. The molecular weight excluding hydrogens is 216 g/mol. The Balaban J connectivity index is 0.00000121. The summed E-state index contributed by atoms with van der Waals surface area (Å²) < 4.78 is 6.49. The van der Waals surface area contributed by atoms with Crippen LogP contribution in [-0.2, 0) is 0 Å². The van der Waals surface area contributed by atoms with Gasteiger partial charge >= 0.3 is 64.2 Å².